The van der Waals surface area contributed by atoms with E-state index in [1.165, 1.54) is 37.7 Å². The first-order chi connectivity index (χ1) is 9.28. The molecule has 0 spiro atoms. The van der Waals surface area contributed by atoms with Gasteiger partial charge in [-0.2, -0.15) is 0 Å². The highest BCUT2D eigenvalue weighted by Gasteiger charge is 2.15. The van der Waals surface area contributed by atoms with Crippen molar-refractivity contribution in [2.75, 3.05) is 13.7 Å². The number of methoxy groups -OCH3 is 1. The molecule has 2 heteroatoms. The predicted octanol–water partition coefficient (Wildman–Crippen LogP) is 3.80. The third kappa shape index (κ3) is 4.87. The van der Waals surface area contributed by atoms with E-state index in [4.69, 9.17) is 4.74 Å². The van der Waals surface area contributed by atoms with E-state index in [1.54, 1.807) is 7.11 Å². The van der Waals surface area contributed by atoms with E-state index in [0.717, 1.165) is 30.7 Å². The largest absolute Gasteiger partial charge is 0.497 e. The molecule has 2 atom stereocenters. The average molecular weight is 261 g/mol. The van der Waals surface area contributed by atoms with Gasteiger partial charge in [-0.1, -0.05) is 31.9 Å². The van der Waals surface area contributed by atoms with Crippen molar-refractivity contribution in [3.05, 3.63) is 29.8 Å². The van der Waals surface area contributed by atoms with E-state index in [9.17, 15) is 0 Å². The van der Waals surface area contributed by atoms with Crippen molar-refractivity contribution < 1.29 is 4.74 Å². The van der Waals surface area contributed by atoms with Crippen molar-refractivity contribution in [2.24, 2.45) is 5.92 Å². The number of rotatable bonds is 5. The van der Waals surface area contributed by atoms with Crippen LogP contribution < -0.4 is 10.1 Å². The molecular formula is C17H27NO. The zero-order chi connectivity index (χ0) is 13.5. The van der Waals surface area contributed by atoms with E-state index in [0.29, 0.717) is 0 Å². The van der Waals surface area contributed by atoms with Gasteiger partial charge in [-0.05, 0) is 55.8 Å². The highest BCUT2D eigenvalue weighted by atomic mass is 16.5. The summed E-state index contributed by atoms with van der Waals surface area (Å²) in [5.74, 6) is 1.86. The molecule has 1 aliphatic carbocycles. The van der Waals surface area contributed by atoms with Crippen LogP contribution in [0.15, 0.2) is 24.3 Å². The number of hydrogen-bond acceptors (Lipinski definition) is 2. The first-order valence-corrected chi connectivity index (χ1v) is 7.64. The average Bonchev–Trinajstić information content (AvgIpc) is 2.65. The fourth-order valence-corrected chi connectivity index (χ4v) is 2.90. The van der Waals surface area contributed by atoms with E-state index in [-0.39, 0.29) is 0 Å². The maximum atomic E-state index is 5.18. The first kappa shape index (κ1) is 14.4. The Kier molecular flexibility index (Phi) is 5.71. The van der Waals surface area contributed by atoms with Gasteiger partial charge in [-0.15, -0.1) is 0 Å². The molecule has 1 saturated carbocycles. The molecule has 2 rings (SSSR count). The van der Waals surface area contributed by atoms with Gasteiger partial charge >= 0.3 is 0 Å². The second-order valence-corrected chi connectivity index (χ2v) is 5.86. The maximum Gasteiger partial charge on any atom is 0.118 e. The van der Waals surface area contributed by atoms with Gasteiger partial charge in [0.05, 0.1) is 7.11 Å². The topological polar surface area (TPSA) is 21.3 Å². The fraction of sp³-hybridized carbons (Fsp3) is 0.647. The third-order valence-corrected chi connectivity index (χ3v) is 4.26. The molecule has 0 aromatic heterocycles. The fourth-order valence-electron chi connectivity index (χ4n) is 2.90. The van der Waals surface area contributed by atoms with E-state index in [1.807, 2.05) is 12.1 Å². The molecule has 1 aromatic rings. The molecule has 1 N–H and O–H groups in total. The smallest absolute Gasteiger partial charge is 0.118 e. The number of benzene rings is 1. The Morgan fingerprint density at radius 1 is 1.11 bits per heavy atom. The van der Waals surface area contributed by atoms with Gasteiger partial charge in [-0.25, -0.2) is 0 Å². The molecule has 1 fully saturated rings. The summed E-state index contributed by atoms with van der Waals surface area (Å²) < 4.78 is 5.18. The minimum absolute atomic E-state index is 0.739. The molecule has 0 bridgehead atoms. The normalized spacial score (nSPS) is 23.9. The van der Waals surface area contributed by atoms with Crippen LogP contribution in [0.5, 0.6) is 5.75 Å². The summed E-state index contributed by atoms with van der Waals surface area (Å²) in [4.78, 5) is 0. The van der Waals surface area contributed by atoms with Crippen LogP contribution in [-0.2, 0) is 6.42 Å². The quantitative estimate of drug-likeness (QED) is 0.814. The highest BCUT2D eigenvalue weighted by Crippen LogP contribution is 2.22. The summed E-state index contributed by atoms with van der Waals surface area (Å²) in [6.45, 7) is 3.48. The summed E-state index contributed by atoms with van der Waals surface area (Å²) in [5, 5.41) is 3.73. The summed E-state index contributed by atoms with van der Waals surface area (Å²) in [7, 11) is 1.71. The van der Waals surface area contributed by atoms with Crippen molar-refractivity contribution in [2.45, 2.75) is 51.5 Å². The van der Waals surface area contributed by atoms with Crippen molar-refractivity contribution >= 4 is 0 Å². The van der Waals surface area contributed by atoms with Gasteiger partial charge < -0.3 is 10.1 Å². The Morgan fingerprint density at radius 3 is 2.63 bits per heavy atom. The van der Waals surface area contributed by atoms with Crippen molar-refractivity contribution in [1.29, 1.82) is 0 Å². The van der Waals surface area contributed by atoms with Crippen LogP contribution in [0.4, 0.5) is 0 Å². The van der Waals surface area contributed by atoms with E-state index in [2.05, 4.69) is 24.4 Å². The molecule has 2 unspecified atom stereocenters. The van der Waals surface area contributed by atoms with Crippen molar-refractivity contribution in [3.8, 4) is 5.75 Å². The lowest BCUT2D eigenvalue weighted by molar-refractivity contribution is 0.414. The minimum atomic E-state index is 0.739. The van der Waals surface area contributed by atoms with Crippen LogP contribution in [0, 0.1) is 5.92 Å². The lowest BCUT2D eigenvalue weighted by atomic mass is 10.0. The third-order valence-electron chi connectivity index (χ3n) is 4.26. The Hall–Kier alpha value is -1.02. The lowest BCUT2D eigenvalue weighted by Crippen LogP contribution is -2.30. The summed E-state index contributed by atoms with van der Waals surface area (Å²) in [6, 6.07) is 9.15. The van der Waals surface area contributed by atoms with Gasteiger partial charge in [0.25, 0.3) is 0 Å². The molecule has 1 aliphatic rings. The SMILES string of the molecule is COc1ccc(CCNC2CCCC(C)CC2)cc1. The summed E-state index contributed by atoms with van der Waals surface area (Å²) in [6.07, 6.45) is 8.00. The minimum Gasteiger partial charge on any atom is -0.497 e. The van der Waals surface area contributed by atoms with Crippen LogP contribution in [-0.4, -0.2) is 19.7 Å². The second-order valence-electron chi connectivity index (χ2n) is 5.86. The predicted molar refractivity (Wildman–Crippen MR) is 80.7 cm³/mol. The molecule has 0 saturated heterocycles. The number of nitrogens with one attached hydrogen (secondary N) is 1. The molecule has 19 heavy (non-hydrogen) atoms. The molecular weight excluding hydrogens is 234 g/mol. The molecule has 1 aromatic carbocycles. The van der Waals surface area contributed by atoms with Crippen molar-refractivity contribution in [1.82, 2.24) is 5.32 Å². The highest BCUT2D eigenvalue weighted by molar-refractivity contribution is 5.27. The van der Waals surface area contributed by atoms with Crippen LogP contribution in [0.2, 0.25) is 0 Å². The van der Waals surface area contributed by atoms with Gasteiger partial charge in [0.1, 0.15) is 5.75 Å². The second kappa shape index (κ2) is 7.54. The van der Waals surface area contributed by atoms with Gasteiger partial charge in [0.15, 0.2) is 0 Å². The lowest BCUT2D eigenvalue weighted by Gasteiger charge is -2.16. The van der Waals surface area contributed by atoms with Crippen LogP contribution >= 0.6 is 0 Å². The molecule has 0 radical (unpaired) electrons. The zero-order valence-electron chi connectivity index (χ0n) is 12.3. The molecule has 0 amide bonds. The van der Waals surface area contributed by atoms with Crippen LogP contribution in [0.25, 0.3) is 0 Å². The van der Waals surface area contributed by atoms with Gasteiger partial charge in [0.2, 0.25) is 0 Å². The molecule has 0 heterocycles. The summed E-state index contributed by atoms with van der Waals surface area (Å²) >= 11 is 0. The Labute approximate surface area is 117 Å². The zero-order valence-corrected chi connectivity index (χ0v) is 12.3. The Bertz CT molecular complexity index is 360. The molecule has 106 valence electrons. The maximum absolute atomic E-state index is 5.18. The van der Waals surface area contributed by atoms with E-state index < -0.39 is 0 Å². The van der Waals surface area contributed by atoms with Crippen LogP contribution in [0.3, 0.4) is 0 Å². The van der Waals surface area contributed by atoms with Crippen molar-refractivity contribution in [3.63, 3.8) is 0 Å². The first-order valence-electron chi connectivity index (χ1n) is 7.64. The van der Waals surface area contributed by atoms with Gasteiger partial charge in [-0.3, -0.25) is 0 Å². The standard InChI is InChI=1S/C17H27NO/c1-14-4-3-5-16(9-6-14)18-13-12-15-7-10-17(19-2)11-8-15/h7-8,10-11,14,16,18H,3-6,9,12-13H2,1-2H3. The molecule has 0 aliphatic heterocycles. The van der Waals surface area contributed by atoms with Crippen LogP contribution in [0.1, 0.15) is 44.6 Å². The van der Waals surface area contributed by atoms with E-state index >= 15 is 0 Å². The Morgan fingerprint density at radius 2 is 1.89 bits per heavy atom. The Balaban J connectivity index is 1.70. The number of hydrogen-bond donors (Lipinski definition) is 1. The molecule has 2 nitrogen and oxygen atoms in total. The monoisotopic (exact) mass is 261 g/mol. The number of ether oxygens (including phenoxy) is 1. The summed E-state index contributed by atoms with van der Waals surface area (Å²) in [5.41, 5.74) is 1.38. The van der Waals surface area contributed by atoms with Gasteiger partial charge in [0, 0.05) is 6.04 Å².